The first-order chi connectivity index (χ1) is 5.42. The molecule has 0 aromatic carbocycles. The highest BCUT2D eigenvalue weighted by atomic mass is 15.4. The van der Waals surface area contributed by atoms with Gasteiger partial charge in [-0.2, -0.15) is 9.61 Å². The monoisotopic (exact) mass is 150 g/mol. The average Bonchev–Trinajstić information content (AvgIpc) is 2.50. The van der Waals surface area contributed by atoms with Crippen LogP contribution in [0.25, 0.3) is 5.65 Å². The highest BCUT2D eigenvalue weighted by Gasteiger charge is 1.98. The Kier molecular flexibility index (Phi) is 1.19. The van der Waals surface area contributed by atoms with E-state index in [1.165, 1.54) is 10.8 Å². The van der Waals surface area contributed by atoms with Crippen LogP contribution in [0.15, 0.2) is 18.6 Å². The van der Waals surface area contributed by atoms with E-state index in [2.05, 4.69) is 20.5 Å². The van der Waals surface area contributed by atoms with Crippen LogP contribution in [-0.2, 0) is 0 Å². The van der Waals surface area contributed by atoms with Crippen molar-refractivity contribution in [2.24, 2.45) is 5.84 Å². The predicted molar refractivity (Wildman–Crippen MR) is 38.6 cm³/mol. The van der Waals surface area contributed by atoms with Crippen LogP contribution in [-0.4, -0.2) is 19.6 Å². The van der Waals surface area contributed by atoms with Crippen LogP contribution in [0.3, 0.4) is 0 Å². The van der Waals surface area contributed by atoms with Gasteiger partial charge < -0.3 is 0 Å². The third-order valence-corrected chi connectivity index (χ3v) is 1.32. The Morgan fingerprint density at radius 3 is 3.18 bits per heavy atom. The van der Waals surface area contributed by atoms with Crippen molar-refractivity contribution in [3.05, 3.63) is 18.6 Å². The topological polar surface area (TPSA) is 81.1 Å². The molecular formula is C5H6N6. The van der Waals surface area contributed by atoms with Gasteiger partial charge in [0.05, 0.1) is 0 Å². The summed E-state index contributed by atoms with van der Waals surface area (Å²) in [5.41, 5.74) is 3.12. The summed E-state index contributed by atoms with van der Waals surface area (Å²) in [7, 11) is 0. The number of nitrogens with two attached hydrogens (primary N) is 1. The number of aromatic nitrogens is 4. The van der Waals surface area contributed by atoms with Crippen LogP contribution in [0, 0.1) is 0 Å². The zero-order valence-electron chi connectivity index (χ0n) is 5.60. The lowest BCUT2D eigenvalue weighted by molar-refractivity contribution is 0.918. The van der Waals surface area contributed by atoms with Crippen LogP contribution in [0.4, 0.5) is 5.95 Å². The quantitative estimate of drug-likeness (QED) is 0.419. The summed E-state index contributed by atoms with van der Waals surface area (Å²) in [6.07, 6.45) is 3.05. The van der Waals surface area contributed by atoms with Crippen molar-refractivity contribution >= 4 is 11.6 Å². The Hall–Kier alpha value is -1.69. The molecule has 2 rings (SSSR count). The van der Waals surface area contributed by atoms with Crippen molar-refractivity contribution in [1.29, 1.82) is 0 Å². The molecule has 0 saturated heterocycles. The number of anilines is 1. The number of nitrogens with one attached hydrogen (secondary N) is 1. The minimum atomic E-state index is 0.472. The van der Waals surface area contributed by atoms with Gasteiger partial charge in [0.1, 0.15) is 6.33 Å². The van der Waals surface area contributed by atoms with Gasteiger partial charge in [0, 0.05) is 12.3 Å². The van der Waals surface area contributed by atoms with Crippen LogP contribution in [0.2, 0.25) is 0 Å². The Labute approximate surface area is 62.0 Å². The van der Waals surface area contributed by atoms with E-state index in [0.29, 0.717) is 11.6 Å². The zero-order chi connectivity index (χ0) is 7.68. The maximum absolute atomic E-state index is 5.17. The molecule has 0 aliphatic heterocycles. The molecule has 0 atom stereocenters. The number of fused-ring (bicyclic) bond motifs is 1. The molecule has 11 heavy (non-hydrogen) atoms. The normalized spacial score (nSPS) is 10.3. The minimum Gasteiger partial charge on any atom is -0.292 e. The van der Waals surface area contributed by atoms with E-state index in [-0.39, 0.29) is 0 Å². The number of nitrogen functional groups attached to an aromatic ring is 1. The van der Waals surface area contributed by atoms with Crippen molar-refractivity contribution in [1.82, 2.24) is 19.6 Å². The predicted octanol–water partition coefficient (Wildman–Crippen LogP) is -0.590. The molecule has 2 aromatic rings. The first kappa shape index (κ1) is 6.05. The average molecular weight is 150 g/mol. The second-order valence-corrected chi connectivity index (χ2v) is 1.94. The van der Waals surface area contributed by atoms with Crippen molar-refractivity contribution < 1.29 is 0 Å². The van der Waals surface area contributed by atoms with Gasteiger partial charge >= 0.3 is 0 Å². The second kappa shape index (κ2) is 2.17. The smallest absolute Gasteiger partial charge is 0.240 e. The Bertz CT molecular complexity index is 366. The van der Waals surface area contributed by atoms with E-state index in [4.69, 9.17) is 5.84 Å². The zero-order valence-corrected chi connectivity index (χ0v) is 5.60. The fourth-order valence-electron chi connectivity index (χ4n) is 0.855. The molecule has 3 N–H and O–H groups in total. The van der Waals surface area contributed by atoms with Gasteiger partial charge in [0.25, 0.3) is 0 Å². The molecule has 6 heteroatoms. The van der Waals surface area contributed by atoms with E-state index in [1.54, 1.807) is 12.3 Å². The first-order valence-electron chi connectivity index (χ1n) is 3.03. The van der Waals surface area contributed by atoms with E-state index in [9.17, 15) is 0 Å². The summed E-state index contributed by atoms with van der Waals surface area (Å²) in [6, 6.07) is 1.74. The van der Waals surface area contributed by atoms with Crippen molar-refractivity contribution in [3.63, 3.8) is 0 Å². The Balaban J connectivity index is 2.79. The Morgan fingerprint density at radius 2 is 2.36 bits per heavy atom. The van der Waals surface area contributed by atoms with Gasteiger partial charge in [-0.15, -0.1) is 0 Å². The van der Waals surface area contributed by atoms with Gasteiger partial charge in [-0.25, -0.2) is 15.8 Å². The second-order valence-electron chi connectivity index (χ2n) is 1.94. The van der Waals surface area contributed by atoms with Gasteiger partial charge in [0.2, 0.25) is 5.95 Å². The Morgan fingerprint density at radius 1 is 1.45 bits per heavy atom. The third-order valence-electron chi connectivity index (χ3n) is 1.32. The highest BCUT2D eigenvalue weighted by molar-refractivity contribution is 5.41. The molecule has 0 bridgehead atoms. The standard InChI is InChI=1S/C5H6N6/c6-10-5-7-2-1-4-8-3-9-11(4)5/h1-3H,6H2,(H,7,10). The summed E-state index contributed by atoms with van der Waals surface area (Å²) in [5.74, 6) is 5.65. The minimum absolute atomic E-state index is 0.472. The number of nitrogens with zero attached hydrogens (tertiary/aromatic N) is 4. The largest absolute Gasteiger partial charge is 0.292 e. The molecule has 56 valence electrons. The molecule has 0 amide bonds. The molecule has 0 aliphatic carbocycles. The summed E-state index contributed by atoms with van der Waals surface area (Å²) in [5, 5.41) is 3.89. The fraction of sp³-hybridized carbons (Fsp3) is 0. The molecule has 2 heterocycles. The van der Waals surface area contributed by atoms with Gasteiger partial charge in [-0.1, -0.05) is 0 Å². The maximum Gasteiger partial charge on any atom is 0.240 e. The maximum atomic E-state index is 5.17. The van der Waals surface area contributed by atoms with Crippen LogP contribution in [0.5, 0.6) is 0 Å². The van der Waals surface area contributed by atoms with Gasteiger partial charge in [-0.3, -0.25) is 5.43 Å². The lowest BCUT2D eigenvalue weighted by Crippen LogP contribution is -2.12. The lowest BCUT2D eigenvalue weighted by atomic mass is 10.6. The summed E-state index contributed by atoms with van der Waals surface area (Å²) in [4.78, 5) is 7.87. The van der Waals surface area contributed by atoms with Crippen molar-refractivity contribution in [3.8, 4) is 0 Å². The SMILES string of the molecule is NNc1nccc2ncnn12. The van der Waals surface area contributed by atoms with E-state index in [1.807, 2.05) is 0 Å². The van der Waals surface area contributed by atoms with Gasteiger partial charge in [0.15, 0.2) is 5.65 Å². The van der Waals surface area contributed by atoms with E-state index in [0.717, 1.165) is 0 Å². The third kappa shape index (κ3) is 0.802. The highest BCUT2D eigenvalue weighted by Crippen LogP contribution is 2.01. The number of rotatable bonds is 1. The van der Waals surface area contributed by atoms with Crippen LogP contribution < -0.4 is 11.3 Å². The van der Waals surface area contributed by atoms with E-state index < -0.39 is 0 Å². The molecule has 0 fully saturated rings. The first-order valence-corrected chi connectivity index (χ1v) is 3.03. The van der Waals surface area contributed by atoms with Crippen LogP contribution >= 0.6 is 0 Å². The molecule has 0 radical (unpaired) electrons. The van der Waals surface area contributed by atoms with Crippen molar-refractivity contribution in [2.75, 3.05) is 5.43 Å². The van der Waals surface area contributed by atoms with Crippen LogP contribution in [0.1, 0.15) is 0 Å². The molecule has 2 aromatic heterocycles. The number of hydrogen-bond donors (Lipinski definition) is 2. The summed E-state index contributed by atoms with van der Waals surface area (Å²) in [6.45, 7) is 0. The molecular weight excluding hydrogens is 144 g/mol. The molecule has 0 spiro atoms. The van der Waals surface area contributed by atoms with E-state index >= 15 is 0 Å². The number of hydrazine groups is 1. The fourth-order valence-corrected chi connectivity index (χ4v) is 0.855. The molecule has 6 nitrogen and oxygen atoms in total. The molecule has 0 unspecified atom stereocenters. The van der Waals surface area contributed by atoms with Gasteiger partial charge in [-0.05, 0) is 0 Å². The number of hydrogen-bond acceptors (Lipinski definition) is 5. The summed E-state index contributed by atoms with van der Waals surface area (Å²) < 4.78 is 1.51. The van der Waals surface area contributed by atoms with Crippen molar-refractivity contribution in [2.45, 2.75) is 0 Å². The molecule has 0 saturated carbocycles. The molecule has 0 aliphatic rings. The summed E-state index contributed by atoms with van der Waals surface area (Å²) >= 11 is 0. The lowest BCUT2D eigenvalue weighted by Gasteiger charge is -1.98.